The zero-order valence-corrected chi connectivity index (χ0v) is 18.3. The van der Waals surface area contributed by atoms with Crippen molar-refractivity contribution in [2.24, 2.45) is 0 Å². The number of methoxy groups -OCH3 is 1. The molecule has 5 aromatic rings. The van der Waals surface area contributed by atoms with Crippen LogP contribution in [-0.2, 0) is 4.74 Å². The molecule has 5 nitrogen and oxygen atoms in total. The molecule has 0 unspecified atom stereocenters. The lowest BCUT2D eigenvalue weighted by atomic mass is 9.90. The highest BCUT2D eigenvalue weighted by molar-refractivity contribution is 6.05. The maximum atomic E-state index is 13.8. The Kier molecular flexibility index (Phi) is 4.88. The molecule has 0 aliphatic carbocycles. The normalized spacial score (nSPS) is 14.8. The van der Waals surface area contributed by atoms with Crippen molar-refractivity contribution in [3.05, 3.63) is 78.4 Å². The van der Waals surface area contributed by atoms with Gasteiger partial charge >= 0.3 is 0 Å². The number of halogens is 1. The molecule has 3 heterocycles. The number of H-pyrrole nitrogens is 1. The van der Waals surface area contributed by atoms with E-state index >= 15 is 0 Å². The highest BCUT2D eigenvalue weighted by Gasteiger charge is 2.28. The molecule has 0 spiro atoms. The van der Waals surface area contributed by atoms with Gasteiger partial charge in [-0.1, -0.05) is 12.1 Å². The van der Waals surface area contributed by atoms with Crippen molar-refractivity contribution in [3.8, 4) is 22.6 Å². The zero-order valence-electron chi connectivity index (χ0n) is 18.3. The van der Waals surface area contributed by atoms with E-state index in [0.717, 1.165) is 64.9 Å². The van der Waals surface area contributed by atoms with Crippen molar-refractivity contribution in [1.29, 1.82) is 0 Å². The third-order valence-electron chi connectivity index (χ3n) is 6.64. The number of benzene rings is 3. The van der Waals surface area contributed by atoms with Crippen molar-refractivity contribution < 1.29 is 13.9 Å². The number of aromatic amines is 1. The Morgan fingerprint density at radius 3 is 2.52 bits per heavy atom. The number of fused-ring (bicyclic) bond motifs is 2. The number of aromatic nitrogens is 3. The van der Waals surface area contributed by atoms with Crippen LogP contribution in [0.4, 0.5) is 4.39 Å². The van der Waals surface area contributed by atoms with Crippen LogP contribution in [0.15, 0.2) is 66.9 Å². The minimum Gasteiger partial charge on any atom is -0.497 e. The lowest BCUT2D eigenvalue weighted by Gasteiger charge is -2.26. The van der Waals surface area contributed by atoms with Crippen molar-refractivity contribution >= 4 is 21.8 Å². The van der Waals surface area contributed by atoms with Gasteiger partial charge in [-0.3, -0.25) is 5.10 Å². The molecule has 1 aliphatic rings. The first-order valence-electron chi connectivity index (χ1n) is 11.2. The predicted octanol–water partition coefficient (Wildman–Crippen LogP) is 6.22. The van der Waals surface area contributed by atoms with Crippen LogP contribution in [-0.4, -0.2) is 35.1 Å². The van der Waals surface area contributed by atoms with Crippen LogP contribution in [0, 0.1) is 5.82 Å². The fourth-order valence-corrected chi connectivity index (χ4v) is 5.03. The second-order valence-corrected chi connectivity index (χ2v) is 8.51. The van der Waals surface area contributed by atoms with Gasteiger partial charge in [0.1, 0.15) is 11.6 Å². The summed E-state index contributed by atoms with van der Waals surface area (Å²) in [6.07, 6.45) is 3.73. The largest absolute Gasteiger partial charge is 0.497 e. The van der Waals surface area contributed by atoms with Crippen LogP contribution < -0.4 is 4.74 Å². The zero-order chi connectivity index (χ0) is 22.4. The minimum absolute atomic E-state index is 0.240. The maximum Gasteiger partial charge on any atom is 0.123 e. The number of rotatable bonds is 4. The Morgan fingerprint density at radius 1 is 1.03 bits per heavy atom. The third-order valence-corrected chi connectivity index (χ3v) is 6.64. The maximum absolute atomic E-state index is 13.8. The number of hydrogen-bond acceptors (Lipinski definition) is 3. The van der Waals surface area contributed by atoms with Crippen LogP contribution in [0.2, 0.25) is 0 Å². The number of nitrogens with zero attached hydrogens (tertiary/aromatic N) is 2. The topological polar surface area (TPSA) is 52.1 Å². The van der Waals surface area contributed by atoms with E-state index in [-0.39, 0.29) is 5.82 Å². The highest BCUT2D eigenvalue weighted by Crippen LogP contribution is 2.44. The van der Waals surface area contributed by atoms with Crippen molar-refractivity contribution in [2.75, 3.05) is 20.3 Å². The fourth-order valence-electron chi connectivity index (χ4n) is 5.03. The average molecular weight is 442 g/mol. The minimum atomic E-state index is -0.240. The highest BCUT2D eigenvalue weighted by atomic mass is 19.1. The number of ether oxygens (including phenoxy) is 2. The molecule has 166 valence electrons. The summed E-state index contributed by atoms with van der Waals surface area (Å²) in [5, 5.41) is 9.54. The quantitative estimate of drug-likeness (QED) is 0.360. The van der Waals surface area contributed by atoms with Gasteiger partial charge in [0.25, 0.3) is 0 Å². The molecule has 1 aliphatic heterocycles. The Morgan fingerprint density at radius 2 is 1.79 bits per heavy atom. The monoisotopic (exact) mass is 441 g/mol. The van der Waals surface area contributed by atoms with E-state index in [9.17, 15) is 4.39 Å². The molecule has 6 rings (SSSR count). The van der Waals surface area contributed by atoms with Crippen molar-refractivity contribution in [2.45, 2.75) is 18.8 Å². The van der Waals surface area contributed by atoms with Gasteiger partial charge in [-0.15, -0.1) is 0 Å². The first kappa shape index (κ1) is 20.0. The van der Waals surface area contributed by atoms with E-state index in [0.29, 0.717) is 5.92 Å². The summed E-state index contributed by atoms with van der Waals surface area (Å²) in [4.78, 5) is 0. The van der Waals surface area contributed by atoms with Crippen molar-refractivity contribution in [1.82, 2.24) is 14.8 Å². The summed E-state index contributed by atoms with van der Waals surface area (Å²) in [6, 6.07) is 19.3. The number of hydrogen-bond donors (Lipinski definition) is 1. The van der Waals surface area contributed by atoms with E-state index in [4.69, 9.17) is 9.47 Å². The van der Waals surface area contributed by atoms with E-state index in [1.165, 1.54) is 23.4 Å². The van der Waals surface area contributed by atoms with Gasteiger partial charge in [-0.25, -0.2) is 4.39 Å². The fraction of sp³-hybridized carbons (Fsp3) is 0.222. The lowest BCUT2D eigenvalue weighted by Crippen LogP contribution is -2.17. The summed E-state index contributed by atoms with van der Waals surface area (Å²) in [6.45, 7) is 1.48. The second-order valence-electron chi connectivity index (χ2n) is 8.51. The molecular weight excluding hydrogens is 417 g/mol. The first-order chi connectivity index (χ1) is 16.2. The van der Waals surface area contributed by atoms with E-state index in [1.54, 1.807) is 7.11 Å². The van der Waals surface area contributed by atoms with Crippen LogP contribution in [0.1, 0.15) is 24.5 Å². The van der Waals surface area contributed by atoms with Gasteiger partial charge in [-0.05, 0) is 66.9 Å². The SMILES string of the molecule is COc1ccc(-c2c(C3CCOCC3)n(-c3ccc(F)cc3)c3cc4cn[nH]c4cc23)cc1. The van der Waals surface area contributed by atoms with Crippen LogP contribution in [0.5, 0.6) is 5.75 Å². The van der Waals surface area contributed by atoms with Gasteiger partial charge < -0.3 is 14.0 Å². The molecule has 1 N–H and O–H groups in total. The Bertz CT molecular complexity index is 1430. The van der Waals surface area contributed by atoms with Gasteiger partial charge in [-0.2, -0.15) is 5.10 Å². The molecule has 3 aromatic carbocycles. The molecule has 0 bridgehead atoms. The van der Waals surface area contributed by atoms with Crippen molar-refractivity contribution in [3.63, 3.8) is 0 Å². The Balaban J connectivity index is 1.72. The summed E-state index contributed by atoms with van der Waals surface area (Å²) in [7, 11) is 1.68. The molecule has 1 saturated heterocycles. The summed E-state index contributed by atoms with van der Waals surface area (Å²) < 4.78 is 27.2. The molecule has 1 fully saturated rings. The van der Waals surface area contributed by atoms with Crippen LogP contribution in [0.3, 0.4) is 0 Å². The molecule has 33 heavy (non-hydrogen) atoms. The molecule has 2 aromatic heterocycles. The molecule has 0 atom stereocenters. The van der Waals surface area contributed by atoms with Gasteiger partial charge in [0.15, 0.2) is 0 Å². The van der Waals surface area contributed by atoms with E-state index < -0.39 is 0 Å². The third kappa shape index (κ3) is 3.38. The van der Waals surface area contributed by atoms with Gasteiger partial charge in [0.2, 0.25) is 0 Å². The molecule has 0 radical (unpaired) electrons. The standard InChI is InChI=1S/C27H24FN3O2/c1-32-22-8-2-17(3-9-22)26-23-15-24-19(16-29-30-24)14-25(23)31(21-6-4-20(28)5-7-21)27(26)18-10-12-33-13-11-18/h2-9,14-16,18H,10-13H2,1H3,(H,29,30). The van der Waals surface area contributed by atoms with Crippen LogP contribution in [0.25, 0.3) is 38.6 Å². The molecule has 0 saturated carbocycles. The molecular formula is C27H24FN3O2. The molecule has 0 amide bonds. The van der Waals surface area contributed by atoms with E-state index in [2.05, 4.69) is 39.0 Å². The summed E-state index contributed by atoms with van der Waals surface area (Å²) in [5.41, 5.74) is 6.59. The smallest absolute Gasteiger partial charge is 0.123 e. The van der Waals surface area contributed by atoms with Gasteiger partial charge in [0.05, 0.1) is 24.3 Å². The number of nitrogens with one attached hydrogen (secondary N) is 1. The van der Waals surface area contributed by atoms with Gasteiger partial charge in [0, 0.05) is 46.8 Å². The lowest BCUT2D eigenvalue weighted by molar-refractivity contribution is 0.0844. The van der Waals surface area contributed by atoms with E-state index in [1.807, 2.05) is 30.5 Å². The average Bonchev–Trinajstić information content (AvgIpc) is 3.45. The van der Waals surface area contributed by atoms with Crippen LogP contribution >= 0.6 is 0 Å². The molecule has 6 heteroatoms. The Labute approximate surface area is 190 Å². The summed E-state index contributed by atoms with van der Waals surface area (Å²) in [5.74, 6) is 0.907. The first-order valence-corrected chi connectivity index (χ1v) is 11.2. The summed E-state index contributed by atoms with van der Waals surface area (Å²) >= 11 is 0. The Hall–Kier alpha value is -3.64. The second kappa shape index (κ2) is 8.05. The predicted molar refractivity (Wildman–Crippen MR) is 128 cm³/mol.